The maximum Gasteiger partial charge on any atom is 0.208 e. The van der Waals surface area contributed by atoms with Gasteiger partial charge in [-0.2, -0.15) is 0 Å². The van der Waals surface area contributed by atoms with Crippen molar-refractivity contribution in [1.82, 2.24) is 0 Å². The summed E-state index contributed by atoms with van der Waals surface area (Å²) in [6.07, 6.45) is 0.208. The molecule has 82 valence electrons. The Labute approximate surface area is 87.5 Å². The molecule has 0 spiro atoms. The Bertz CT molecular complexity index is 351. The van der Waals surface area contributed by atoms with Gasteiger partial charge in [-0.3, -0.25) is 10.1 Å². The molecule has 1 aromatic rings. The Hall–Kier alpha value is -1.78. The van der Waals surface area contributed by atoms with Gasteiger partial charge in [0.25, 0.3) is 0 Å². The first-order chi connectivity index (χ1) is 7.15. The number of benzene rings is 1. The predicted octanol–water partition coefficient (Wildman–Crippen LogP) is 1.61. The molecule has 0 saturated carbocycles. The third-order valence-electron chi connectivity index (χ3n) is 1.95. The first kappa shape index (κ1) is 11.3. The summed E-state index contributed by atoms with van der Waals surface area (Å²) in [5.41, 5.74) is 0.539. The molecule has 0 aliphatic heterocycles. The molecule has 0 aliphatic rings. The number of ether oxygens (including phenoxy) is 1. The lowest BCUT2D eigenvalue weighted by atomic mass is 10.1. The van der Waals surface area contributed by atoms with Crippen molar-refractivity contribution in [2.24, 2.45) is 0 Å². The Morgan fingerprint density at radius 3 is 2.87 bits per heavy atom. The molecule has 1 N–H and O–H groups in total. The van der Waals surface area contributed by atoms with Crippen molar-refractivity contribution in [1.29, 1.82) is 0 Å². The zero-order valence-corrected chi connectivity index (χ0v) is 8.47. The molecule has 1 rings (SSSR count). The van der Waals surface area contributed by atoms with Crippen LogP contribution in [0.3, 0.4) is 0 Å². The molecule has 5 heteroatoms. The molecule has 1 aromatic carbocycles. The average Bonchev–Trinajstić information content (AvgIpc) is 2.19. The SMILES string of the molecule is CCOc1cccc(CC[N+](=O)[O-])c1O. The summed E-state index contributed by atoms with van der Waals surface area (Å²) >= 11 is 0. The van der Waals surface area contributed by atoms with E-state index in [1.807, 2.05) is 6.92 Å². The number of nitro groups is 1. The lowest BCUT2D eigenvalue weighted by molar-refractivity contribution is -0.479. The van der Waals surface area contributed by atoms with Gasteiger partial charge in [0.05, 0.1) is 6.61 Å². The minimum absolute atomic E-state index is 0.00111. The molecular weight excluding hydrogens is 198 g/mol. The first-order valence-electron chi connectivity index (χ1n) is 4.70. The van der Waals surface area contributed by atoms with E-state index in [1.165, 1.54) is 0 Å². The van der Waals surface area contributed by atoms with Crippen molar-refractivity contribution in [2.45, 2.75) is 13.3 Å². The van der Waals surface area contributed by atoms with Gasteiger partial charge in [0.1, 0.15) is 0 Å². The van der Waals surface area contributed by atoms with E-state index >= 15 is 0 Å². The van der Waals surface area contributed by atoms with Crippen LogP contribution in [0.15, 0.2) is 18.2 Å². The van der Waals surface area contributed by atoms with Gasteiger partial charge in [0, 0.05) is 16.9 Å². The van der Waals surface area contributed by atoms with E-state index in [-0.39, 0.29) is 18.7 Å². The highest BCUT2D eigenvalue weighted by Crippen LogP contribution is 2.29. The number of para-hydroxylation sites is 1. The Balaban J connectivity index is 2.79. The lowest BCUT2D eigenvalue weighted by Gasteiger charge is -2.08. The molecule has 0 saturated heterocycles. The van der Waals surface area contributed by atoms with Crippen LogP contribution in [0.2, 0.25) is 0 Å². The largest absolute Gasteiger partial charge is 0.504 e. The average molecular weight is 211 g/mol. The van der Waals surface area contributed by atoms with Gasteiger partial charge < -0.3 is 9.84 Å². The van der Waals surface area contributed by atoms with Crippen LogP contribution in [0.25, 0.3) is 0 Å². The molecule has 0 heterocycles. The second kappa shape index (κ2) is 5.19. The van der Waals surface area contributed by atoms with E-state index in [0.717, 1.165) is 0 Å². The van der Waals surface area contributed by atoms with Crippen molar-refractivity contribution in [3.05, 3.63) is 33.9 Å². The number of hydrogen-bond acceptors (Lipinski definition) is 4. The molecule has 15 heavy (non-hydrogen) atoms. The zero-order valence-electron chi connectivity index (χ0n) is 8.47. The predicted molar refractivity (Wildman–Crippen MR) is 54.8 cm³/mol. The summed E-state index contributed by atoms with van der Waals surface area (Å²) in [6, 6.07) is 5.00. The fourth-order valence-electron chi connectivity index (χ4n) is 1.25. The standard InChI is InChI=1S/C10H13NO4/c1-2-15-9-5-3-4-8(10(9)12)6-7-11(13)14/h3-5,12H,2,6-7H2,1H3. The Morgan fingerprint density at radius 1 is 1.53 bits per heavy atom. The zero-order chi connectivity index (χ0) is 11.3. The van der Waals surface area contributed by atoms with Crippen LogP contribution >= 0.6 is 0 Å². The Morgan fingerprint density at radius 2 is 2.27 bits per heavy atom. The highest BCUT2D eigenvalue weighted by molar-refractivity contribution is 5.45. The minimum atomic E-state index is -0.410. The highest BCUT2D eigenvalue weighted by Gasteiger charge is 2.09. The molecule has 0 aromatic heterocycles. The molecule has 0 fully saturated rings. The minimum Gasteiger partial charge on any atom is -0.504 e. The third-order valence-corrected chi connectivity index (χ3v) is 1.95. The van der Waals surface area contributed by atoms with Crippen LogP contribution in [-0.4, -0.2) is 23.2 Å². The number of nitrogens with zero attached hydrogens (tertiary/aromatic N) is 1. The summed E-state index contributed by atoms with van der Waals surface area (Å²) in [7, 11) is 0. The number of aromatic hydroxyl groups is 1. The highest BCUT2D eigenvalue weighted by atomic mass is 16.6. The number of hydrogen-bond donors (Lipinski definition) is 1. The third kappa shape index (κ3) is 3.12. The quantitative estimate of drug-likeness (QED) is 0.593. The second-order valence-corrected chi connectivity index (χ2v) is 3.00. The van der Waals surface area contributed by atoms with Gasteiger partial charge in [0.15, 0.2) is 11.5 Å². The molecule has 0 aliphatic carbocycles. The lowest BCUT2D eigenvalue weighted by Crippen LogP contribution is -2.04. The van der Waals surface area contributed by atoms with Crippen molar-refractivity contribution in [2.75, 3.05) is 13.2 Å². The van der Waals surface area contributed by atoms with Crippen molar-refractivity contribution >= 4 is 0 Å². The van der Waals surface area contributed by atoms with E-state index in [9.17, 15) is 15.2 Å². The van der Waals surface area contributed by atoms with E-state index in [2.05, 4.69) is 0 Å². The summed E-state index contributed by atoms with van der Waals surface area (Å²) in [5.74, 6) is 0.375. The van der Waals surface area contributed by atoms with Gasteiger partial charge in [-0.25, -0.2) is 0 Å². The molecule has 0 unspecified atom stereocenters. The molecule has 0 amide bonds. The fourth-order valence-corrected chi connectivity index (χ4v) is 1.25. The van der Waals surface area contributed by atoms with Crippen LogP contribution in [0, 0.1) is 10.1 Å². The summed E-state index contributed by atoms with van der Waals surface area (Å²) in [6.45, 7) is 2.07. The van der Waals surface area contributed by atoms with E-state index < -0.39 is 4.92 Å². The van der Waals surface area contributed by atoms with Crippen molar-refractivity contribution in [3.63, 3.8) is 0 Å². The number of phenolic OH excluding ortho intramolecular Hbond substituents is 1. The molecule has 0 radical (unpaired) electrons. The van der Waals surface area contributed by atoms with Crippen molar-refractivity contribution < 1.29 is 14.8 Å². The van der Waals surface area contributed by atoms with E-state index in [0.29, 0.717) is 17.9 Å². The van der Waals surface area contributed by atoms with Gasteiger partial charge in [-0.1, -0.05) is 12.1 Å². The normalized spacial score (nSPS) is 9.93. The Kier molecular flexibility index (Phi) is 3.91. The monoisotopic (exact) mass is 211 g/mol. The molecular formula is C10H13NO4. The van der Waals surface area contributed by atoms with Crippen LogP contribution < -0.4 is 4.74 Å². The smallest absolute Gasteiger partial charge is 0.208 e. The van der Waals surface area contributed by atoms with E-state index in [1.54, 1.807) is 18.2 Å². The maximum absolute atomic E-state index is 10.2. The number of rotatable bonds is 5. The van der Waals surface area contributed by atoms with Crippen molar-refractivity contribution in [3.8, 4) is 11.5 Å². The molecule has 0 atom stereocenters. The number of phenols is 1. The second-order valence-electron chi connectivity index (χ2n) is 3.00. The fraction of sp³-hybridized carbons (Fsp3) is 0.400. The van der Waals surface area contributed by atoms with E-state index in [4.69, 9.17) is 4.74 Å². The van der Waals surface area contributed by atoms with Crippen LogP contribution in [0.1, 0.15) is 12.5 Å². The first-order valence-corrected chi connectivity index (χ1v) is 4.70. The van der Waals surface area contributed by atoms with Crippen LogP contribution in [-0.2, 0) is 6.42 Å². The summed E-state index contributed by atoms with van der Waals surface area (Å²) in [5, 5.41) is 19.9. The van der Waals surface area contributed by atoms with Gasteiger partial charge in [-0.15, -0.1) is 0 Å². The molecule has 5 nitrogen and oxygen atoms in total. The topological polar surface area (TPSA) is 72.6 Å². The van der Waals surface area contributed by atoms with Crippen LogP contribution in [0.4, 0.5) is 0 Å². The van der Waals surface area contributed by atoms with Crippen LogP contribution in [0.5, 0.6) is 11.5 Å². The van der Waals surface area contributed by atoms with Gasteiger partial charge in [-0.05, 0) is 13.0 Å². The van der Waals surface area contributed by atoms with Gasteiger partial charge >= 0.3 is 0 Å². The molecule has 0 bridgehead atoms. The summed E-state index contributed by atoms with van der Waals surface area (Å²) < 4.78 is 5.16. The maximum atomic E-state index is 10.2. The summed E-state index contributed by atoms with van der Waals surface area (Å²) in [4.78, 5) is 9.78. The van der Waals surface area contributed by atoms with Gasteiger partial charge in [0.2, 0.25) is 6.54 Å².